The first-order chi connectivity index (χ1) is 37.4. The number of carbonyl (C=O) groups excluding carboxylic acids is 4. The highest BCUT2D eigenvalue weighted by Crippen LogP contribution is 2.40. The molecular weight excluding hydrogens is 991 g/mol. The van der Waals surface area contributed by atoms with Crippen molar-refractivity contribution < 1.29 is 47.6 Å². The minimum atomic E-state index is -0.880. The van der Waals surface area contributed by atoms with Crippen molar-refractivity contribution in [3.8, 4) is 34.7 Å². The first-order valence-electron chi connectivity index (χ1n) is 25.3. The number of ketones is 1. The number of aromatic nitrogens is 8. The van der Waals surface area contributed by atoms with Crippen LogP contribution in [0.3, 0.4) is 0 Å². The van der Waals surface area contributed by atoms with Gasteiger partial charge in [0.1, 0.15) is 54.0 Å². The molecule has 0 radical (unpaired) electrons. The molecule has 1 atom stereocenters. The van der Waals surface area contributed by atoms with Crippen molar-refractivity contribution in [1.82, 2.24) is 49.7 Å². The van der Waals surface area contributed by atoms with Crippen LogP contribution < -0.4 is 19.3 Å². The smallest absolute Gasteiger partial charge is 0.339 e. The third kappa shape index (κ3) is 13.0. The molecule has 5 aromatic heterocycles. The molecule has 9 rings (SSSR count). The maximum Gasteiger partial charge on any atom is 0.339 e. The van der Waals surface area contributed by atoms with Gasteiger partial charge in [0.25, 0.3) is 0 Å². The molecule has 2 amide bonds. The average Bonchev–Trinajstić information content (AvgIpc) is 3.98. The number of hydrogen-bond acceptors (Lipinski definition) is 20. The Morgan fingerprint density at radius 1 is 0.844 bits per heavy atom. The summed E-state index contributed by atoms with van der Waals surface area (Å²) < 4.78 is 35.2. The molecule has 2 fully saturated rings. The van der Waals surface area contributed by atoms with Crippen molar-refractivity contribution in [3.05, 3.63) is 120 Å². The molecular formula is C54H59N13O10. The number of amides is 2. The molecule has 0 N–H and O–H groups in total. The molecule has 77 heavy (non-hydrogen) atoms. The number of methoxy groups -OCH3 is 1. The number of esters is 1. The van der Waals surface area contributed by atoms with Gasteiger partial charge in [0.2, 0.25) is 23.6 Å². The number of piperidine rings is 1. The first kappa shape index (κ1) is 53.4. The van der Waals surface area contributed by atoms with Crippen molar-refractivity contribution in [3.63, 3.8) is 0 Å². The van der Waals surface area contributed by atoms with E-state index in [-0.39, 0.29) is 62.7 Å². The van der Waals surface area contributed by atoms with E-state index in [1.165, 1.54) is 18.0 Å². The monoisotopic (exact) mass is 1050 g/mol. The maximum atomic E-state index is 13.5. The minimum absolute atomic E-state index is 0.0285. The summed E-state index contributed by atoms with van der Waals surface area (Å²) in [5.74, 6) is 1.86. The Hall–Kier alpha value is -8.46. The number of anilines is 2. The van der Waals surface area contributed by atoms with E-state index in [1.807, 2.05) is 53.7 Å². The number of hydrogen-bond donors (Lipinski definition) is 0. The van der Waals surface area contributed by atoms with Crippen LogP contribution in [0.25, 0.3) is 11.3 Å². The van der Waals surface area contributed by atoms with Gasteiger partial charge in [0.15, 0.2) is 5.78 Å². The highest BCUT2D eigenvalue weighted by atomic mass is 16.5. The molecule has 1 aromatic carbocycles. The highest BCUT2D eigenvalue weighted by Gasteiger charge is 2.45. The number of piperazine rings is 1. The van der Waals surface area contributed by atoms with Crippen LogP contribution in [-0.2, 0) is 48.2 Å². The lowest BCUT2D eigenvalue weighted by molar-refractivity contribution is -0.138. The lowest BCUT2D eigenvalue weighted by atomic mass is 9.97. The van der Waals surface area contributed by atoms with Crippen LogP contribution in [0.1, 0.15) is 71.3 Å². The second-order valence-corrected chi connectivity index (χ2v) is 19.1. The van der Waals surface area contributed by atoms with E-state index in [0.717, 1.165) is 0 Å². The van der Waals surface area contributed by atoms with E-state index in [2.05, 4.69) is 36.3 Å². The predicted octanol–water partition coefficient (Wildman–Crippen LogP) is 4.71. The molecule has 6 aromatic rings. The summed E-state index contributed by atoms with van der Waals surface area (Å²) in [7, 11) is 1.31. The van der Waals surface area contributed by atoms with E-state index >= 15 is 0 Å². The third-order valence-electron chi connectivity index (χ3n) is 13.5. The quantitative estimate of drug-likeness (QED) is 0.0698. The minimum Gasteiger partial charge on any atom is -0.490 e. The lowest BCUT2D eigenvalue weighted by Gasteiger charge is -2.39. The standard InChI is InChI=1S/C54H59N13O10/c1-36-30-64(53-58-28-39(29-59-53)45-12-11-44-50(70)54(2,3)67(51(44)60-45)31-38-7-6-16-56-46(38)26-55)19-20-66(36)48(68)33-65-32-40(61-62-65)34-74-23-21-73-22-24-75-35-49(69)63-17-14-41(15-18-63)76-42-8-5-9-43(25-42)77-47-13-10-37(27-57-47)52(71)72-4/h5-13,16,25,27-29,32,36,41H,14-15,17-24,30-31,33-35H2,1-4H3/t36-/m1/s1. The van der Waals surface area contributed by atoms with E-state index in [0.29, 0.717) is 134 Å². The number of benzene rings is 1. The fourth-order valence-electron chi connectivity index (χ4n) is 9.25. The number of ether oxygens (including phenoxy) is 6. The van der Waals surface area contributed by atoms with Gasteiger partial charge in [-0.15, -0.1) is 5.10 Å². The molecule has 0 spiro atoms. The Morgan fingerprint density at radius 3 is 2.38 bits per heavy atom. The second-order valence-electron chi connectivity index (χ2n) is 19.1. The SMILES string of the molecule is COC(=O)c1ccc(Oc2cccc(OC3CCN(C(=O)COCCOCCOCc4cn(CC(=O)N5CCN(c6ncc(-c7ccc8c(n7)N(Cc7cccnc7C#N)C(C)(C)C8=O)cn6)C[C@H]5C)nn4)CC3)c2)nc1. The predicted molar refractivity (Wildman–Crippen MR) is 276 cm³/mol. The molecule has 8 heterocycles. The Bertz CT molecular complexity index is 3090. The van der Waals surface area contributed by atoms with Crippen LogP contribution in [0, 0.1) is 11.3 Å². The summed E-state index contributed by atoms with van der Waals surface area (Å²) in [5.41, 5.74) is 2.83. The van der Waals surface area contributed by atoms with E-state index in [1.54, 1.807) is 72.2 Å². The van der Waals surface area contributed by atoms with Gasteiger partial charge >= 0.3 is 5.97 Å². The van der Waals surface area contributed by atoms with Gasteiger partial charge < -0.3 is 48.0 Å². The van der Waals surface area contributed by atoms with Crippen LogP contribution in [-0.4, -0.2) is 164 Å². The first-order valence-corrected chi connectivity index (χ1v) is 25.3. The van der Waals surface area contributed by atoms with Gasteiger partial charge in [-0.25, -0.2) is 34.4 Å². The number of rotatable bonds is 21. The van der Waals surface area contributed by atoms with Crippen molar-refractivity contribution in [1.29, 1.82) is 5.26 Å². The van der Waals surface area contributed by atoms with Crippen molar-refractivity contribution in [2.45, 2.75) is 71.0 Å². The van der Waals surface area contributed by atoms with E-state index in [9.17, 15) is 24.4 Å². The number of carbonyl (C=O) groups is 4. The Morgan fingerprint density at radius 2 is 1.62 bits per heavy atom. The van der Waals surface area contributed by atoms with Gasteiger partial charge in [-0.1, -0.05) is 17.3 Å². The summed E-state index contributed by atoms with van der Waals surface area (Å²) in [4.78, 5) is 81.5. The lowest BCUT2D eigenvalue weighted by Crippen LogP contribution is -2.55. The molecule has 400 valence electrons. The molecule has 3 aliphatic rings. The molecule has 2 saturated heterocycles. The third-order valence-corrected chi connectivity index (χ3v) is 13.5. The summed E-state index contributed by atoms with van der Waals surface area (Å²) >= 11 is 0. The number of nitriles is 1. The summed E-state index contributed by atoms with van der Waals surface area (Å²) in [5, 5.41) is 17.9. The summed E-state index contributed by atoms with van der Waals surface area (Å²) in [6, 6.07) is 19.6. The number of pyridine rings is 3. The molecule has 23 heteroatoms. The Balaban J connectivity index is 0.630. The molecule has 0 saturated carbocycles. The van der Waals surface area contributed by atoms with Crippen molar-refractivity contribution >= 4 is 35.3 Å². The zero-order valence-corrected chi connectivity index (χ0v) is 43.3. The summed E-state index contributed by atoms with van der Waals surface area (Å²) in [6.45, 7) is 9.97. The zero-order valence-electron chi connectivity index (χ0n) is 43.3. The average molecular weight is 1050 g/mol. The largest absolute Gasteiger partial charge is 0.490 e. The molecule has 0 aliphatic carbocycles. The van der Waals surface area contributed by atoms with Crippen LogP contribution in [0.5, 0.6) is 17.4 Å². The zero-order chi connectivity index (χ0) is 53.9. The van der Waals surface area contributed by atoms with E-state index < -0.39 is 11.5 Å². The fraction of sp³-hybridized carbons (Fsp3) is 0.407. The molecule has 23 nitrogen and oxygen atoms in total. The number of likely N-dealkylation sites (tertiary alicyclic amines) is 1. The summed E-state index contributed by atoms with van der Waals surface area (Å²) in [6.07, 6.45) is 9.36. The Labute approximate surface area is 444 Å². The van der Waals surface area contributed by atoms with Crippen LogP contribution in [0.4, 0.5) is 11.8 Å². The highest BCUT2D eigenvalue weighted by molar-refractivity contribution is 6.13. The van der Waals surface area contributed by atoms with E-state index in [4.69, 9.17) is 33.4 Å². The van der Waals surface area contributed by atoms with Crippen molar-refractivity contribution in [2.75, 3.05) is 82.7 Å². The van der Waals surface area contributed by atoms with Crippen LogP contribution in [0.15, 0.2) is 91.6 Å². The van der Waals surface area contributed by atoms with Gasteiger partial charge in [-0.2, -0.15) is 5.26 Å². The van der Waals surface area contributed by atoms with Gasteiger partial charge in [0, 0.05) is 106 Å². The van der Waals surface area contributed by atoms with Gasteiger partial charge in [0.05, 0.1) is 68.7 Å². The number of fused-ring (bicyclic) bond motifs is 1. The van der Waals surface area contributed by atoms with Gasteiger partial charge in [-0.3, -0.25) is 14.4 Å². The Kier molecular flexibility index (Phi) is 17.0. The normalized spacial score (nSPS) is 16.2. The van der Waals surface area contributed by atoms with Crippen molar-refractivity contribution in [2.24, 2.45) is 0 Å². The fourth-order valence-corrected chi connectivity index (χ4v) is 9.25. The molecule has 0 bridgehead atoms. The maximum absolute atomic E-state index is 13.5. The number of nitrogens with zero attached hydrogens (tertiary/aromatic N) is 13. The second kappa shape index (κ2) is 24.5. The van der Waals surface area contributed by atoms with Gasteiger partial charge in [-0.05, 0) is 57.2 Å². The van der Waals surface area contributed by atoms with Crippen LogP contribution >= 0.6 is 0 Å². The topological polar surface area (TPSA) is 256 Å². The molecule has 3 aliphatic heterocycles. The molecule has 0 unspecified atom stereocenters. The number of Topliss-reactive ketones (excluding diaryl/α,β-unsaturated/α-hetero) is 1. The van der Waals surface area contributed by atoms with Crippen LogP contribution in [0.2, 0.25) is 0 Å².